The van der Waals surface area contributed by atoms with Crippen LogP contribution in [0.4, 0.5) is 0 Å². The molecule has 3 aromatic carbocycles. The van der Waals surface area contributed by atoms with Crippen molar-refractivity contribution in [3.05, 3.63) is 126 Å². The third-order valence-corrected chi connectivity index (χ3v) is 4.68. The van der Waals surface area contributed by atoms with Crippen LogP contribution in [0.15, 0.2) is 115 Å². The molecular weight excluding hydrogens is 372 g/mol. The summed E-state index contributed by atoms with van der Waals surface area (Å²) >= 11 is 0. The van der Waals surface area contributed by atoms with Crippen LogP contribution in [-0.2, 0) is 11.3 Å². The van der Waals surface area contributed by atoms with E-state index in [1.807, 2.05) is 72.8 Å². The Labute approximate surface area is 175 Å². The Kier molecular flexibility index (Phi) is 6.06. The molecule has 0 bridgehead atoms. The van der Waals surface area contributed by atoms with E-state index in [9.17, 15) is 4.79 Å². The molecule has 0 spiro atoms. The molecule has 30 heavy (non-hydrogen) atoms. The first-order valence-corrected chi connectivity index (χ1v) is 9.67. The zero-order valence-electron chi connectivity index (χ0n) is 16.3. The van der Waals surface area contributed by atoms with Gasteiger partial charge in [-0.05, 0) is 34.4 Å². The van der Waals surface area contributed by atoms with Crippen LogP contribution in [0.3, 0.4) is 0 Å². The second kappa shape index (κ2) is 9.43. The number of aromatic nitrogens is 1. The van der Waals surface area contributed by atoms with E-state index in [2.05, 4.69) is 22.3 Å². The zero-order valence-corrected chi connectivity index (χ0v) is 16.3. The fraction of sp³-hybridized carbons (Fsp3) is 0.0385. The molecule has 0 aliphatic heterocycles. The van der Waals surface area contributed by atoms with E-state index in [4.69, 9.17) is 4.84 Å². The van der Waals surface area contributed by atoms with Crippen LogP contribution in [-0.4, -0.2) is 16.7 Å². The highest BCUT2D eigenvalue weighted by molar-refractivity contribution is 6.02. The van der Waals surface area contributed by atoms with Crippen molar-refractivity contribution >= 4 is 11.7 Å². The molecule has 0 radical (unpaired) electrons. The van der Waals surface area contributed by atoms with Crippen LogP contribution < -0.4 is 0 Å². The van der Waals surface area contributed by atoms with Crippen LogP contribution in [0, 0.1) is 0 Å². The highest BCUT2D eigenvalue weighted by atomic mass is 16.7. The Morgan fingerprint density at radius 1 is 0.733 bits per heavy atom. The Morgan fingerprint density at radius 3 is 2.07 bits per heavy atom. The number of nitrogens with zero attached hydrogens (tertiary/aromatic N) is 2. The van der Waals surface area contributed by atoms with Gasteiger partial charge in [0.05, 0.1) is 11.3 Å². The van der Waals surface area contributed by atoms with Crippen molar-refractivity contribution in [3.8, 4) is 11.1 Å². The van der Waals surface area contributed by atoms with Crippen molar-refractivity contribution in [2.45, 2.75) is 6.42 Å². The minimum Gasteiger partial charge on any atom is -0.312 e. The third-order valence-electron chi connectivity index (χ3n) is 4.68. The summed E-state index contributed by atoms with van der Waals surface area (Å²) in [5.41, 5.74) is 5.29. The van der Waals surface area contributed by atoms with Gasteiger partial charge in [0.2, 0.25) is 0 Å². The maximum atomic E-state index is 12.3. The summed E-state index contributed by atoms with van der Waals surface area (Å²) in [6.45, 7) is 0. The van der Waals surface area contributed by atoms with Crippen LogP contribution in [0.2, 0.25) is 0 Å². The van der Waals surface area contributed by atoms with Gasteiger partial charge < -0.3 is 4.84 Å². The average Bonchev–Trinajstić information content (AvgIpc) is 2.83. The van der Waals surface area contributed by atoms with Gasteiger partial charge in [0.25, 0.3) is 0 Å². The molecule has 1 aromatic heterocycles. The van der Waals surface area contributed by atoms with Crippen molar-refractivity contribution in [3.63, 3.8) is 0 Å². The van der Waals surface area contributed by atoms with Gasteiger partial charge in [-0.2, -0.15) is 0 Å². The Hall–Kier alpha value is -4.05. The molecule has 0 aliphatic rings. The lowest BCUT2D eigenvalue weighted by Crippen LogP contribution is -2.09. The molecule has 0 unspecified atom stereocenters. The summed E-state index contributed by atoms with van der Waals surface area (Å²) < 4.78 is 0. The van der Waals surface area contributed by atoms with Crippen molar-refractivity contribution < 1.29 is 9.63 Å². The molecule has 1 heterocycles. The molecule has 0 fully saturated rings. The number of rotatable bonds is 6. The number of carbonyl (C=O) groups is 1. The molecular formula is C26H20N2O2. The van der Waals surface area contributed by atoms with Gasteiger partial charge in [0.1, 0.15) is 0 Å². The molecule has 0 saturated heterocycles. The van der Waals surface area contributed by atoms with Gasteiger partial charge in [-0.1, -0.05) is 90.1 Å². The summed E-state index contributed by atoms with van der Waals surface area (Å²) in [6, 6.07) is 31.6. The first-order chi connectivity index (χ1) is 14.8. The van der Waals surface area contributed by atoms with Gasteiger partial charge in [0, 0.05) is 18.8 Å². The van der Waals surface area contributed by atoms with Crippen LogP contribution in [0.5, 0.6) is 0 Å². The van der Waals surface area contributed by atoms with Gasteiger partial charge in [0.15, 0.2) is 0 Å². The Bertz CT molecular complexity index is 1120. The van der Waals surface area contributed by atoms with Crippen molar-refractivity contribution in [2.75, 3.05) is 0 Å². The van der Waals surface area contributed by atoms with E-state index >= 15 is 0 Å². The molecule has 0 aliphatic carbocycles. The lowest BCUT2D eigenvalue weighted by molar-refractivity contribution is 0.0515. The number of pyridine rings is 1. The van der Waals surface area contributed by atoms with E-state index < -0.39 is 5.97 Å². The number of hydrogen-bond donors (Lipinski definition) is 0. The normalized spacial score (nSPS) is 11.1. The predicted molar refractivity (Wildman–Crippen MR) is 118 cm³/mol. The van der Waals surface area contributed by atoms with Gasteiger partial charge in [-0.15, -0.1) is 0 Å². The topological polar surface area (TPSA) is 51.5 Å². The summed E-state index contributed by atoms with van der Waals surface area (Å²) in [4.78, 5) is 21.5. The van der Waals surface area contributed by atoms with Crippen molar-refractivity contribution in [1.82, 2.24) is 4.98 Å². The summed E-state index contributed by atoms with van der Waals surface area (Å²) in [5.74, 6) is -0.533. The molecule has 0 saturated carbocycles. The minimum atomic E-state index is -0.533. The van der Waals surface area contributed by atoms with Gasteiger partial charge >= 0.3 is 5.97 Å². The molecule has 0 atom stereocenters. The minimum absolute atomic E-state index is 0.361. The van der Waals surface area contributed by atoms with Crippen molar-refractivity contribution in [2.24, 2.45) is 5.16 Å². The molecule has 0 amide bonds. The SMILES string of the molecule is O=C(ON=C(Cc1ccccc1)c1ccc(-c2ccccc2)cc1)c1cccnc1. The zero-order chi connectivity index (χ0) is 20.6. The fourth-order valence-corrected chi connectivity index (χ4v) is 3.09. The summed E-state index contributed by atoms with van der Waals surface area (Å²) in [6.07, 6.45) is 3.62. The standard InChI is InChI=1S/C26H20N2O2/c29-26(24-12-7-17-27-19-24)30-28-25(18-20-8-3-1-4-9-20)23-15-13-22(14-16-23)21-10-5-2-6-11-21/h1-17,19H,18H2. The highest BCUT2D eigenvalue weighted by Gasteiger charge is 2.11. The van der Waals surface area contributed by atoms with E-state index in [0.717, 1.165) is 22.3 Å². The number of hydrogen-bond acceptors (Lipinski definition) is 4. The van der Waals surface area contributed by atoms with E-state index in [1.165, 1.54) is 6.20 Å². The van der Waals surface area contributed by atoms with Crippen LogP contribution in [0.25, 0.3) is 11.1 Å². The summed E-state index contributed by atoms with van der Waals surface area (Å²) in [7, 11) is 0. The molecule has 146 valence electrons. The van der Waals surface area contributed by atoms with Crippen LogP contribution in [0.1, 0.15) is 21.5 Å². The maximum absolute atomic E-state index is 12.3. The number of carbonyl (C=O) groups excluding carboxylic acids is 1. The molecule has 0 N–H and O–H groups in total. The van der Waals surface area contributed by atoms with Gasteiger partial charge in [-0.3, -0.25) is 4.98 Å². The van der Waals surface area contributed by atoms with Crippen molar-refractivity contribution in [1.29, 1.82) is 0 Å². The monoisotopic (exact) mass is 392 g/mol. The first-order valence-electron chi connectivity index (χ1n) is 9.67. The van der Waals surface area contributed by atoms with E-state index in [0.29, 0.717) is 17.7 Å². The average molecular weight is 392 g/mol. The number of oxime groups is 1. The Morgan fingerprint density at radius 2 is 1.40 bits per heavy atom. The Balaban J connectivity index is 1.60. The molecule has 4 nitrogen and oxygen atoms in total. The van der Waals surface area contributed by atoms with Gasteiger partial charge in [-0.25, -0.2) is 4.79 Å². The molecule has 4 heteroatoms. The lowest BCUT2D eigenvalue weighted by atomic mass is 9.99. The quantitative estimate of drug-likeness (QED) is 0.245. The van der Waals surface area contributed by atoms with E-state index in [-0.39, 0.29) is 0 Å². The molecule has 4 aromatic rings. The predicted octanol–water partition coefficient (Wildman–Crippen LogP) is 5.55. The third kappa shape index (κ3) is 4.86. The van der Waals surface area contributed by atoms with Crippen LogP contribution >= 0.6 is 0 Å². The highest BCUT2D eigenvalue weighted by Crippen LogP contribution is 2.20. The largest absolute Gasteiger partial charge is 0.367 e. The first kappa shape index (κ1) is 19.3. The second-order valence-corrected chi connectivity index (χ2v) is 6.76. The maximum Gasteiger partial charge on any atom is 0.367 e. The number of benzene rings is 3. The smallest absolute Gasteiger partial charge is 0.312 e. The fourth-order valence-electron chi connectivity index (χ4n) is 3.09. The second-order valence-electron chi connectivity index (χ2n) is 6.76. The molecule has 4 rings (SSSR count). The van der Waals surface area contributed by atoms with E-state index in [1.54, 1.807) is 18.3 Å². The lowest BCUT2D eigenvalue weighted by Gasteiger charge is -2.09. The summed E-state index contributed by atoms with van der Waals surface area (Å²) in [5, 5.41) is 4.21.